The Bertz CT molecular complexity index is 373. The van der Waals surface area contributed by atoms with Crippen LogP contribution in [0.15, 0.2) is 25.3 Å². The molecule has 0 bridgehead atoms. The van der Waals surface area contributed by atoms with Gasteiger partial charge in [-0.15, -0.1) is 0 Å². The van der Waals surface area contributed by atoms with Crippen molar-refractivity contribution in [3.05, 3.63) is 25.3 Å². The maximum Gasteiger partial charge on any atom is 0.475 e. The van der Waals surface area contributed by atoms with Crippen molar-refractivity contribution >= 4 is 19.8 Å². The summed E-state index contributed by atoms with van der Waals surface area (Å²) < 4.78 is 24.0. The second-order valence-electron chi connectivity index (χ2n) is 2.87. The quantitative estimate of drug-likeness (QED) is 0.301. The molecule has 0 radical (unpaired) electrons. The van der Waals surface area contributed by atoms with Crippen LogP contribution in [0.2, 0.25) is 0 Å². The van der Waals surface area contributed by atoms with E-state index in [1.807, 2.05) is 0 Å². The van der Waals surface area contributed by atoms with Gasteiger partial charge in [0.1, 0.15) is 0 Å². The van der Waals surface area contributed by atoms with Crippen molar-refractivity contribution in [2.45, 2.75) is 19.3 Å². The lowest BCUT2D eigenvalue weighted by Crippen LogP contribution is -2.41. The fraction of sp³-hybridized carbons (Fsp3) is 0.333. The molecule has 0 aliphatic heterocycles. The maximum absolute atomic E-state index is 11.1. The maximum atomic E-state index is 11.1. The fourth-order valence-electron chi connectivity index (χ4n) is 0.838. The minimum absolute atomic E-state index is 0.350. The van der Waals surface area contributed by atoms with Crippen molar-refractivity contribution in [2.75, 3.05) is 0 Å². The number of carbonyl (C=O) groups excluding carboxylic acids is 2. The molecule has 0 amide bonds. The molecule has 0 unspecified atom stereocenters. The van der Waals surface area contributed by atoms with Gasteiger partial charge in [-0.05, 0) is 0 Å². The number of phosphoric acid groups is 1. The van der Waals surface area contributed by atoms with Crippen LogP contribution in [0.4, 0.5) is 0 Å². The molecule has 18 heavy (non-hydrogen) atoms. The van der Waals surface area contributed by atoms with E-state index in [9.17, 15) is 14.2 Å². The Morgan fingerprint density at radius 3 is 1.83 bits per heavy atom. The van der Waals surface area contributed by atoms with Crippen molar-refractivity contribution < 1.29 is 37.9 Å². The number of ether oxygens (including phenoxy) is 2. The Morgan fingerprint density at radius 2 is 1.61 bits per heavy atom. The molecule has 0 rings (SSSR count). The van der Waals surface area contributed by atoms with E-state index in [-0.39, 0.29) is 6.42 Å². The van der Waals surface area contributed by atoms with Crippen LogP contribution in [-0.2, 0) is 28.2 Å². The predicted molar refractivity (Wildman–Crippen MR) is 58.7 cm³/mol. The van der Waals surface area contributed by atoms with Gasteiger partial charge < -0.3 is 19.3 Å². The summed E-state index contributed by atoms with van der Waals surface area (Å²) >= 11 is 0. The van der Waals surface area contributed by atoms with Crippen LogP contribution in [0, 0.1) is 0 Å². The summed E-state index contributed by atoms with van der Waals surface area (Å²) in [6, 6.07) is 0. The summed E-state index contributed by atoms with van der Waals surface area (Å²) in [4.78, 5) is 39.5. The molecule has 0 aliphatic carbocycles. The summed E-state index contributed by atoms with van der Waals surface area (Å²) in [6.45, 7) is 7.50. The highest BCUT2D eigenvalue weighted by atomic mass is 31.2. The summed E-state index contributed by atoms with van der Waals surface area (Å²) in [5, 5.41) is 0. The zero-order chi connectivity index (χ0) is 14.4. The van der Waals surface area contributed by atoms with Crippen molar-refractivity contribution in [1.29, 1.82) is 0 Å². The van der Waals surface area contributed by atoms with Gasteiger partial charge in [0.25, 0.3) is 0 Å². The lowest BCUT2D eigenvalue weighted by Gasteiger charge is -2.29. The average molecular weight is 280 g/mol. The number of rotatable bonds is 7. The van der Waals surface area contributed by atoms with Gasteiger partial charge >= 0.3 is 25.7 Å². The van der Waals surface area contributed by atoms with Gasteiger partial charge in [0.2, 0.25) is 0 Å². The second-order valence-corrected chi connectivity index (χ2v) is 4.03. The van der Waals surface area contributed by atoms with Gasteiger partial charge in [-0.3, -0.25) is 0 Å². The molecule has 0 aromatic carbocycles. The van der Waals surface area contributed by atoms with Crippen LogP contribution in [-0.4, -0.2) is 27.7 Å². The first kappa shape index (κ1) is 16.5. The Morgan fingerprint density at radius 1 is 1.22 bits per heavy atom. The molecular formula is C9H13O8P. The zero-order valence-electron chi connectivity index (χ0n) is 9.57. The van der Waals surface area contributed by atoms with E-state index in [4.69, 9.17) is 9.79 Å². The van der Waals surface area contributed by atoms with E-state index in [1.165, 1.54) is 6.92 Å². The van der Waals surface area contributed by atoms with E-state index in [0.717, 1.165) is 12.2 Å². The highest BCUT2D eigenvalue weighted by molar-refractivity contribution is 7.46. The minimum atomic E-state index is -5.06. The van der Waals surface area contributed by atoms with Gasteiger partial charge in [0, 0.05) is 12.2 Å². The van der Waals surface area contributed by atoms with Gasteiger partial charge in [0.15, 0.2) is 0 Å². The third-order valence-corrected chi connectivity index (χ3v) is 2.05. The van der Waals surface area contributed by atoms with Crippen LogP contribution in [0.1, 0.15) is 13.3 Å². The number of esters is 2. The van der Waals surface area contributed by atoms with Gasteiger partial charge in [-0.25, -0.2) is 18.7 Å². The first-order chi connectivity index (χ1) is 8.18. The molecule has 0 spiro atoms. The number of carbonyl (C=O) groups is 2. The average Bonchev–Trinajstić information content (AvgIpc) is 2.26. The van der Waals surface area contributed by atoms with Gasteiger partial charge in [-0.2, -0.15) is 0 Å². The van der Waals surface area contributed by atoms with Crippen LogP contribution in [0.3, 0.4) is 0 Å². The minimum Gasteiger partial charge on any atom is -0.394 e. The third-order valence-electron chi connectivity index (χ3n) is 1.54. The third kappa shape index (κ3) is 5.74. The Balaban J connectivity index is 5.23. The van der Waals surface area contributed by atoms with Crippen molar-refractivity contribution in [3.63, 3.8) is 0 Å². The van der Waals surface area contributed by atoms with E-state index in [0.29, 0.717) is 0 Å². The molecule has 0 atom stereocenters. The van der Waals surface area contributed by atoms with Crippen LogP contribution in [0.25, 0.3) is 0 Å². The molecule has 0 aromatic heterocycles. The van der Waals surface area contributed by atoms with E-state index in [1.54, 1.807) is 0 Å². The van der Waals surface area contributed by atoms with E-state index >= 15 is 0 Å². The highest BCUT2D eigenvalue weighted by Gasteiger charge is 2.44. The number of hydrogen-bond donors (Lipinski definition) is 2. The normalized spacial score (nSPS) is 11.5. The van der Waals surface area contributed by atoms with Gasteiger partial charge in [-0.1, -0.05) is 20.1 Å². The smallest absolute Gasteiger partial charge is 0.394 e. The van der Waals surface area contributed by atoms with Crippen molar-refractivity contribution in [2.24, 2.45) is 0 Å². The molecule has 8 nitrogen and oxygen atoms in total. The summed E-state index contributed by atoms with van der Waals surface area (Å²) in [7, 11) is -5.06. The molecule has 0 fully saturated rings. The zero-order valence-corrected chi connectivity index (χ0v) is 10.5. The second kappa shape index (κ2) is 6.46. The van der Waals surface area contributed by atoms with Crippen LogP contribution < -0.4 is 0 Å². The highest BCUT2D eigenvalue weighted by Crippen LogP contribution is 2.43. The Kier molecular flexibility index (Phi) is 5.93. The van der Waals surface area contributed by atoms with E-state index < -0.39 is 25.7 Å². The molecule has 0 saturated heterocycles. The molecular weight excluding hydrogens is 267 g/mol. The Hall–Kier alpha value is -1.47. The van der Waals surface area contributed by atoms with E-state index in [2.05, 4.69) is 27.2 Å². The number of hydrogen-bond acceptors (Lipinski definition) is 6. The van der Waals surface area contributed by atoms with Gasteiger partial charge in [0.05, 0.1) is 6.42 Å². The monoisotopic (exact) mass is 280 g/mol. The first-order valence-corrected chi connectivity index (χ1v) is 6.18. The first-order valence-electron chi connectivity index (χ1n) is 4.65. The lowest BCUT2D eigenvalue weighted by molar-refractivity contribution is -0.311. The molecule has 0 aromatic rings. The van der Waals surface area contributed by atoms with Crippen LogP contribution in [0.5, 0.6) is 0 Å². The summed E-state index contributed by atoms with van der Waals surface area (Å²) in [6.07, 6.45) is 1.08. The SMILES string of the molecule is C=CC(=O)OC(CC)(OC(=O)C=C)OP(=O)(O)O. The number of phosphoric ester groups is 1. The molecule has 2 N–H and O–H groups in total. The summed E-state index contributed by atoms with van der Waals surface area (Å²) in [5.74, 6) is -4.69. The Labute approximate surface area is 103 Å². The van der Waals surface area contributed by atoms with Crippen molar-refractivity contribution in [3.8, 4) is 0 Å². The molecule has 102 valence electrons. The molecule has 0 saturated carbocycles. The standard InChI is InChI=1S/C9H13O8P/c1-4-7(10)15-9(6-3,16-8(11)5-2)17-18(12,13)14/h4-5H,1-2,6H2,3H3,(H2,12,13,14). The topological polar surface area (TPSA) is 119 Å². The molecule has 0 heterocycles. The summed E-state index contributed by atoms with van der Waals surface area (Å²) in [5.41, 5.74) is 0. The predicted octanol–water partition coefficient (Wildman–Crippen LogP) is 0.618. The fourth-order valence-corrected chi connectivity index (χ4v) is 1.40. The lowest BCUT2D eigenvalue weighted by atomic mass is 10.4. The van der Waals surface area contributed by atoms with Crippen molar-refractivity contribution in [1.82, 2.24) is 0 Å². The largest absolute Gasteiger partial charge is 0.475 e. The molecule has 9 heteroatoms. The molecule has 0 aliphatic rings. The van der Waals surface area contributed by atoms with Crippen LogP contribution >= 0.6 is 7.82 Å².